The van der Waals surface area contributed by atoms with Crippen LogP contribution >= 0.6 is 23.2 Å². The van der Waals surface area contributed by atoms with E-state index in [0.29, 0.717) is 11.6 Å². The third kappa shape index (κ3) is 8.98. The number of carboxylic acids is 1. The first kappa shape index (κ1) is 21.6. The van der Waals surface area contributed by atoms with E-state index in [9.17, 15) is 14.7 Å². The number of hydrogen-bond acceptors (Lipinski definition) is 3. The summed E-state index contributed by atoms with van der Waals surface area (Å²) in [5, 5.41) is 21.4. The van der Waals surface area contributed by atoms with Crippen LogP contribution in [0.2, 0.25) is 10.0 Å². The van der Waals surface area contributed by atoms with E-state index in [4.69, 9.17) is 28.3 Å². The van der Waals surface area contributed by atoms with Crippen molar-refractivity contribution in [2.75, 3.05) is 6.54 Å². The molecular formula is C18H25Cl2NO4. The Morgan fingerprint density at radius 3 is 2.08 bits per heavy atom. The van der Waals surface area contributed by atoms with Crippen LogP contribution in [0.5, 0.6) is 5.75 Å². The third-order valence-electron chi connectivity index (χ3n) is 3.88. The molecule has 0 heterocycles. The van der Waals surface area contributed by atoms with Crippen LogP contribution in [0, 0.1) is 0 Å². The maximum absolute atomic E-state index is 12.0. The van der Waals surface area contributed by atoms with Gasteiger partial charge in [-0.05, 0) is 25.0 Å². The summed E-state index contributed by atoms with van der Waals surface area (Å²) < 4.78 is 0. The van der Waals surface area contributed by atoms with E-state index in [0.717, 1.165) is 51.4 Å². The smallest absolute Gasteiger partial charge is 0.303 e. The van der Waals surface area contributed by atoms with Gasteiger partial charge in [0.25, 0.3) is 5.91 Å². The Balaban J connectivity index is 2.08. The molecule has 0 spiro atoms. The van der Waals surface area contributed by atoms with Crippen LogP contribution in [0.4, 0.5) is 0 Å². The highest BCUT2D eigenvalue weighted by atomic mass is 35.5. The summed E-state index contributed by atoms with van der Waals surface area (Å²) >= 11 is 11.6. The molecule has 0 saturated heterocycles. The highest BCUT2D eigenvalue weighted by Crippen LogP contribution is 2.30. The number of rotatable bonds is 12. The average molecular weight is 390 g/mol. The molecule has 1 rings (SSSR count). The van der Waals surface area contributed by atoms with Crippen LogP contribution in [0.15, 0.2) is 12.1 Å². The summed E-state index contributed by atoms with van der Waals surface area (Å²) in [7, 11) is 0. The van der Waals surface area contributed by atoms with E-state index >= 15 is 0 Å². The second-order valence-electron chi connectivity index (χ2n) is 6.01. The van der Waals surface area contributed by atoms with Gasteiger partial charge in [-0.15, -0.1) is 0 Å². The maximum Gasteiger partial charge on any atom is 0.303 e. The van der Waals surface area contributed by atoms with E-state index in [1.165, 1.54) is 12.1 Å². The number of amides is 1. The maximum atomic E-state index is 12.0. The molecule has 0 fully saturated rings. The van der Waals surface area contributed by atoms with Crippen molar-refractivity contribution >= 4 is 35.1 Å². The summed E-state index contributed by atoms with van der Waals surface area (Å²) in [4.78, 5) is 22.4. The van der Waals surface area contributed by atoms with E-state index in [2.05, 4.69) is 5.32 Å². The molecule has 0 atom stereocenters. The van der Waals surface area contributed by atoms with Crippen LogP contribution in [0.1, 0.15) is 68.1 Å². The lowest BCUT2D eigenvalue weighted by Gasteiger charge is -2.08. The number of carbonyl (C=O) groups excluding carboxylic acids is 1. The molecule has 140 valence electrons. The molecule has 7 heteroatoms. The van der Waals surface area contributed by atoms with Crippen molar-refractivity contribution < 1.29 is 19.8 Å². The summed E-state index contributed by atoms with van der Waals surface area (Å²) in [6.45, 7) is 0.529. The Hall–Kier alpha value is -1.46. The minimum Gasteiger partial charge on any atom is -0.506 e. The number of aliphatic carboxylic acids is 1. The molecule has 3 N–H and O–H groups in total. The second kappa shape index (κ2) is 12.0. The Bertz CT molecular complexity index is 578. The number of unbranched alkanes of at least 4 members (excludes halogenated alkanes) is 7. The van der Waals surface area contributed by atoms with Gasteiger partial charge in [0.05, 0.1) is 10.6 Å². The molecule has 1 aromatic carbocycles. The van der Waals surface area contributed by atoms with Gasteiger partial charge in [0.2, 0.25) is 0 Å². The van der Waals surface area contributed by atoms with Crippen molar-refractivity contribution in [1.29, 1.82) is 0 Å². The Morgan fingerprint density at radius 1 is 0.920 bits per heavy atom. The zero-order chi connectivity index (χ0) is 18.7. The number of carboxylic acid groups (broad SMARTS) is 1. The van der Waals surface area contributed by atoms with Gasteiger partial charge in [-0.25, -0.2) is 0 Å². The molecule has 1 aromatic rings. The second-order valence-corrected chi connectivity index (χ2v) is 6.86. The van der Waals surface area contributed by atoms with Crippen LogP contribution < -0.4 is 5.32 Å². The molecular weight excluding hydrogens is 365 g/mol. The largest absolute Gasteiger partial charge is 0.506 e. The monoisotopic (exact) mass is 389 g/mol. The van der Waals surface area contributed by atoms with Crippen LogP contribution in [-0.4, -0.2) is 28.6 Å². The zero-order valence-electron chi connectivity index (χ0n) is 14.2. The van der Waals surface area contributed by atoms with Gasteiger partial charge >= 0.3 is 5.97 Å². The quantitative estimate of drug-likeness (QED) is 0.437. The standard InChI is InChI=1S/C18H25Cl2NO4/c19-13-11-14(17(24)15(20)12-13)18(25)21-10-8-6-4-2-1-3-5-7-9-16(22)23/h11-12,24H,1-10H2,(H,21,25)(H,22,23). The van der Waals surface area contributed by atoms with Crippen LogP contribution in [0.25, 0.3) is 0 Å². The van der Waals surface area contributed by atoms with E-state index in [1.54, 1.807) is 0 Å². The van der Waals surface area contributed by atoms with Gasteiger partial charge < -0.3 is 15.5 Å². The Kier molecular flexibility index (Phi) is 10.3. The molecule has 0 radical (unpaired) electrons. The molecule has 1 amide bonds. The van der Waals surface area contributed by atoms with Gasteiger partial charge in [0.1, 0.15) is 5.75 Å². The van der Waals surface area contributed by atoms with Crippen molar-refractivity contribution in [2.24, 2.45) is 0 Å². The zero-order valence-corrected chi connectivity index (χ0v) is 15.7. The van der Waals surface area contributed by atoms with Gasteiger partial charge in [0.15, 0.2) is 0 Å². The van der Waals surface area contributed by atoms with Crippen molar-refractivity contribution in [2.45, 2.75) is 57.8 Å². The fourth-order valence-corrected chi connectivity index (χ4v) is 2.99. The molecule has 0 bridgehead atoms. The van der Waals surface area contributed by atoms with Gasteiger partial charge in [-0.1, -0.05) is 61.7 Å². The third-order valence-corrected chi connectivity index (χ3v) is 4.38. The molecule has 0 aliphatic heterocycles. The number of hydrogen-bond donors (Lipinski definition) is 3. The molecule has 25 heavy (non-hydrogen) atoms. The number of benzene rings is 1. The van der Waals surface area contributed by atoms with Gasteiger partial charge in [-0.2, -0.15) is 0 Å². The van der Waals surface area contributed by atoms with Crippen molar-refractivity contribution in [3.63, 3.8) is 0 Å². The topological polar surface area (TPSA) is 86.6 Å². The van der Waals surface area contributed by atoms with Crippen molar-refractivity contribution in [3.05, 3.63) is 27.7 Å². The SMILES string of the molecule is O=C(O)CCCCCCCCCCNC(=O)c1cc(Cl)cc(Cl)c1O. The molecule has 5 nitrogen and oxygen atoms in total. The number of aromatic hydroxyl groups is 1. The van der Waals surface area contributed by atoms with Crippen molar-refractivity contribution in [1.82, 2.24) is 5.32 Å². The molecule has 0 saturated carbocycles. The summed E-state index contributed by atoms with van der Waals surface area (Å²) in [5.41, 5.74) is 0.0823. The van der Waals surface area contributed by atoms with Gasteiger partial charge in [-0.3, -0.25) is 9.59 Å². The predicted octanol–water partition coefficient (Wildman–Crippen LogP) is 5.02. The first-order chi connectivity index (χ1) is 11.9. The number of phenolic OH excluding ortho intramolecular Hbond substituents is 1. The van der Waals surface area contributed by atoms with E-state index in [-0.39, 0.29) is 28.7 Å². The lowest BCUT2D eigenvalue weighted by atomic mass is 10.1. The lowest BCUT2D eigenvalue weighted by Crippen LogP contribution is -2.24. The first-order valence-electron chi connectivity index (χ1n) is 8.60. The van der Waals surface area contributed by atoms with E-state index < -0.39 is 5.97 Å². The number of carbonyl (C=O) groups is 2. The molecule has 0 unspecified atom stereocenters. The predicted molar refractivity (Wildman–Crippen MR) is 99.6 cm³/mol. The summed E-state index contributed by atoms with van der Waals surface area (Å²) in [6, 6.07) is 2.78. The summed E-state index contributed by atoms with van der Waals surface area (Å²) in [6.07, 6.45) is 8.23. The average Bonchev–Trinajstić information content (AvgIpc) is 2.55. The minimum atomic E-state index is -0.726. The number of phenols is 1. The van der Waals surface area contributed by atoms with Gasteiger partial charge in [0, 0.05) is 18.0 Å². The molecule has 0 aromatic heterocycles. The summed E-state index contributed by atoms with van der Waals surface area (Å²) in [5.74, 6) is -1.37. The molecule has 0 aliphatic rings. The molecule has 0 aliphatic carbocycles. The van der Waals surface area contributed by atoms with Crippen LogP contribution in [-0.2, 0) is 4.79 Å². The highest BCUT2D eigenvalue weighted by Gasteiger charge is 2.14. The first-order valence-corrected chi connectivity index (χ1v) is 9.35. The fourth-order valence-electron chi connectivity index (χ4n) is 2.50. The van der Waals surface area contributed by atoms with Crippen LogP contribution in [0.3, 0.4) is 0 Å². The Morgan fingerprint density at radius 2 is 1.48 bits per heavy atom. The lowest BCUT2D eigenvalue weighted by molar-refractivity contribution is -0.137. The normalized spacial score (nSPS) is 10.6. The number of halogens is 2. The minimum absolute atomic E-state index is 0.0565. The Labute approximate surface area is 158 Å². The highest BCUT2D eigenvalue weighted by molar-refractivity contribution is 6.36. The van der Waals surface area contributed by atoms with Crippen molar-refractivity contribution in [3.8, 4) is 5.75 Å². The van der Waals surface area contributed by atoms with E-state index in [1.807, 2.05) is 0 Å². The fraction of sp³-hybridized carbons (Fsp3) is 0.556. The number of nitrogens with one attached hydrogen (secondary N) is 1.